The number of hydrogen-bond acceptors (Lipinski definition) is 4. The van der Waals surface area contributed by atoms with E-state index in [0.29, 0.717) is 6.54 Å². The van der Waals surface area contributed by atoms with Crippen LogP contribution in [0.5, 0.6) is 0 Å². The molecule has 0 spiro atoms. The first-order valence-corrected chi connectivity index (χ1v) is 9.04. The largest absolute Gasteiger partial charge is 0.357 e. The van der Waals surface area contributed by atoms with Gasteiger partial charge in [0.15, 0.2) is 11.1 Å². The van der Waals surface area contributed by atoms with Crippen molar-refractivity contribution in [1.29, 1.82) is 0 Å². The van der Waals surface area contributed by atoms with E-state index in [2.05, 4.69) is 65.7 Å². The summed E-state index contributed by atoms with van der Waals surface area (Å²) in [5.74, 6) is 0.900. The van der Waals surface area contributed by atoms with Crippen LogP contribution in [0.2, 0.25) is 0 Å². The van der Waals surface area contributed by atoms with Gasteiger partial charge in [-0.1, -0.05) is 29.8 Å². The molecule has 1 N–H and O–H groups in total. The van der Waals surface area contributed by atoms with Crippen LogP contribution >= 0.6 is 35.3 Å². The Morgan fingerprint density at radius 3 is 2.44 bits per heavy atom. The van der Waals surface area contributed by atoms with E-state index < -0.39 is 0 Å². The number of rotatable bonds is 6. The summed E-state index contributed by atoms with van der Waals surface area (Å²) in [5.41, 5.74) is 3.56. The minimum atomic E-state index is 0. The lowest BCUT2D eigenvalue weighted by Gasteiger charge is -2.22. The van der Waals surface area contributed by atoms with Crippen LogP contribution < -0.4 is 10.2 Å². The van der Waals surface area contributed by atoms with Crippen LogP contribution in [0, 0.1) is 6.92 Å². The van der Waals surface area contributed by atoms with Gasteiger partial charge in [-0.25, -0.2) is 9.98 Å². The number of guanidine groups is 1. The van der Waals surface area contributed by atoms with Gasteiger partial charge in [-0.05, 0) is 19.4 Å². The molecular weight excluding hydrogens is 445 g/mol. The van der Waals surface area contributed by atoms with Crippen molar-refractivity contribution in [3.8, 4) is 0 Å². The second-order valence-corrected chi connectivity index (χ2v) is 6.86. The number of halogens is 1. The van der Waals surface area contributed by atoms with Crippen molar-refractivity contribution in [2.75, 3.05) is 32.6 Å². The summed E-state index contributed by atoms with van der Waals surface area (Å²) >= 11 is 1.65. The molecule has 0 radical (unpaired) electrons. The highest BCUT2D eigenvalue weighted by Crippen LogP contribution is 2.18. The molecule has 1 aromatic carbocycles. The lowest BCUT2D eigenvalue weighted by atomic mass is 10.1. The quantitative estimate of drug-likeness (QED) is 0.395. The van der Waals surface area contributed by atoms with Gasteiger partial charge in [-0.2, -0.15) is 0 Å². The first-order chi connectivity index (χ1) is 11.5. The van der Waals surface area contributed by atoms with E-state index in [1.54, 1.807) is 11.3 Å². The van der Waals surface area contributed by atoms with E-state index in [1.807, 2.05) is 19.0 Å². The summed E-state index contributed by atoms with van der Waals surface area (Å²) in [6.45, 7) is 6.45. The van der Waals surface area contributed by atoms with Crippen molar-refractivity contribution in [3.63, 3.8) is 0 Å². The van der Waals surface area contributed by atoms with Crippen LogP contribution in [0.15, 0.2) is 34.6 Å². The van der Waals surface area contributed by atoms with Crippen molar-refractivity contribution in [1.82, 2.24) is 15.2 Å². The topological polar surface area (TPSA) is 43.8 Å². The third-order valence-electron chi connectivity index (χ3n) is 3.55. The van der Waals surface area contributed by atoms with Crippen molar-refractivity contribution < 1.29 is 0 Å². The highest BCUT2D eigenvalue weighted by molar-refractivity contribution is 14.0. The molecule has 2 aromatic rings. The molecule has 0 saturated heterocycles. The zero-order valence-electron chi connectivity index (χ0n) is 15.6. The highest BCUT2D eigenvalue weighted by atomic mass is 127. The lowest BCUT2D eigenvalue weighted by Crippen LogP contribution is -2.38. The molecule has 7 heteroatoms. The Hall–Kier alpha value is -1.35. The molecule has 0 amide bonds. The van der Waals surface area contributed by atoms with Crippen LogP contribution in [0.25, 0.3) is 0 Å². The van der Waals surface area contributed by atoms with Gasteiger partial charge in [0, 0.05) is 39.6 Å². The Balaban J connectivity index is 0.00000312. The number of hydrogen-bond donors (Lipinski definition) is 1. The summed E-state index contributed by atoms with van der Waals surface area (Å²) in [7, 11) is 6.07. The smallest absolute Gasteiger partial charge is 0.194 e. The van der Waals surface area contributed by atoms with Crippen molar-refractivity contribution in [2.45, 2.75) is 26.9 Å². The van der Waals surface area contributed by atoms with Gasteiger partial charge in [0.05, 0.1) is 12.2 Å². The Labute approximate surface area is 172 Å². The summed E-state index contributed by atoms with van der Waals surface area (Å²) in [6.07, 6.45) is 0. The Kier molecular flexibility index (Phi) is 9.20. The zero-order valence-corrected chi connectivity index (χ0v) is 18.8. The average molecular weight is 473 g/mol. The van der Waals surface area contributed by atoms with E-state index in [4.69, 9.17) is 4.99 Å². The fourth-order valence-electron chi connectivity index (χ4n) is 2.24. The predicted molar refractivity (Wildman–Crippen MR) is 119 cm³/mol. The third kappa shape index (κ3) is 6.81. The first-order valence-electron chi connectivity index (χ1n) is 8.16. The average Bonchev–Trinajstić information content (AvgIpc) is 3.02. The van der Waals surface area contributed by atoms with E-state index in [-0.39, 0.29) is 24.0 Å². The molecule has 0 atom stereocenters. The van der Waals surface area contributed by atoms with Gasteiger partial charge >= 0.3 is 0 Å². The highest BCUT2D eigenvalue weighted by Gasteiger charge is 2.08. The predicted octanol–water partition coefficient (Wildman–Crippen LogP) is 3.73. The molecule has 0 bridgehead atoms. The van der Waals surface area contributed by atoms with Gasteiger partial charge in [-0.3, -0.25) is 0 Å². The normalized spacial score (nSPS) is 11.0. The lowest BCUT2D eigenvalue weighted by molar-refractivity contribution is 0.476. The van der Waals surface area contributed by atoms with Gasteiger partial charge in [0.25, 0.3) is 0 Å². The monoisotopic (exact) mass is 473 g/mol. The Morgan fingerprint density at radius 2 is 1.88 bits per heavy atom. The molecule has 138 valence electrons. The fraction of sp³-hybridized carbons (Fsp3) is 0.444. The number of benzene rings is 1. The van der Waals surface area contributed by atoms with Crippen molar-refractivity contribution in [2.24, 2.45) is 4.99 Å². The molecule has 1 heterocycles. The number of aryl methyl sites for hydroxylation is 1. The van der Waals surface area contributed by atoms with E-state index in [1.165, 1.54) is 11.1 Å². The number of aliphatic imine (C=N–C) groups is 1. The number of thiazole rings is 1. The van der Waals surface area contributed by atoms with Gasteiger partial charge in [0.1, 0.15) is 0 Å². The molecule has 0 unspecified atom stereocenters. The molecular formula is C18H28IN5S. The second kappa shape index (κ2) is 10.6. The summed E-state index contributed by atoms with van der Waals surface area (Å²) in [4.78, 5) is 13.5. The minimum absolute atomic E-state index is 0. The Bertz CT molecular complexity index is 666. The standard InChI is InChI=1S/C18H27N5S.HI/c1-6-19-17(20-11-16-13-24-18(21-16)22(3)4)23(5)12-15-9-7-14(2)8-10-15;/h7-10,13H,6,11-12H2,1-5H3,(H,19,20);1H. The van der Waals surface area contributed by atoms with Crippen molar-refractivity contribution in [3.05, 3.63) is 46.5 Å². The zero-order chi connectivity index (χ0) is 17.5. The van der Waals surface area contributed by atoms with Gasteiger partial charge in [0.2, 0.25) is 0 Å². The van der Waals surface area contributed by atoms with Crippen LogP contribution in [0.4, 0.5) is 5.13 Å². The Morgan fingerprint density at radius 1 is 1.20 bits per heavy atom. The van der Waals surface area contributed by atoms with Gasteiger partial charge in [-0.15, -0.1) is 35.3 Å². The summed E-state index contributed by atoms with van der Waals surface area (Å²) < 4.78 is 0. The van der Waals surface area contributed by atoms with Gasteiger partial charge < -0.3 is 15.1 Å². The van der Waals surface area contributed by atoms with Crippen molar-refractivity contribution >= 4 is 46.4 Å². The summed E-state index contributed by atoms with van der Waals surface area (Å²) in [6, 6.07) is 8.62. The molecule has 5 nitrogen and oxygen atoms in total. The molecule has 25 heavy (non-hydrogen) atoms. The maximum absolute atomic E-state index is 4.73. The van der Waals surface area contributed by atoms with E-state index in [9.17, 15) is 0 Å². The summed E-state index contributed by atoms with van der Waals surface area (Å²) in [5, 5.41) is 6.44. The van der Waals surface area contributed by atoms with Crippen LogP contribution in [-0.4, -0.2) is 43.5 Å². The molecule has 0 saturated carbocycles. The second-order valence-electron chi connectivity index (χ2n) is 6.03. The molecule has 0 aliphatic rings. The SMILES string of the molecule is CCNC(=NCc1csc(N(C)C)n1)N(C)Cc1ccc(C)cc1.I. The third-order valence-corrected chi connectivity index (χ3v) is 4.61. The number of nitrogens with zero attached hydrogens (tertiary/aromatic N) is 4. The number of anilines is 1. The molecule has 2 rings (SSSR count). The van der Waals surface area contributed by atoms with Crippen LogP contribution in [0.1, 0.15) is 23.7 Å². The molecule has 0 aliphatic heterocycles. The maximum Gasteiger partial charge on any atom is 0.194 e. The molecule has 0 fully saturated rings. The first kappa shape index (κ1) is 21.7. The molecule has 0 aliphatic carbocycles. The van der Waals surface area contributed by atoms with E-state index >= 15 is 0 Å². The maximum atomic E-state index is 4.73. The number of aromatic nitrogens is 1. The van der Waals surface area contributed by atoms with Crippen LogP contribution in [0.3, 0.4) is 0 Å². The van der Waals surface area contributed by atoms with Crippen LogP contribution in [-0.2, 0) is 13.1 Å². The minimum Gasteiger partial charge on any atom is -0.357 e. The molecule has 1 aromatic heterocycles. The number of nitrogens with one attached hydrogen (secondary N) is 1. The fourth-order valence-corrected chi connectivity index (χ4v) is 2.99. The van der Waals surface area contributed by atoms with E-state index in [0.717, 1.165) is 29.9 Å².